The summed E-state index contributed by atoms with van der Waals surface area (Å²) in [7, 11) is 0. The van der Waals surface area contributed by atoms with Gasteiger partial charge < -0.3 is 24.1 Å². The predicted octanol–water partition coefficient (Wildman–Crippen LogP) is 6.76. The first-order valence-electron chi connectivity index (χ1n) is 15.5. The summed E-state index contributed by atoms with van der Waals surface area (Å²) in [6, 6.07) is 9.30. The van der Waals surface area contributed by atoms with Crippen LogP contribution in [0.15, 0.2) is 41.5 Å². The van der Waals surface area contributed by atoms with Crippen LogP contribution in [0.4, 0.5) is 0 Å². The summed E-state index contributed by atoms with van der Waals surface area (Å²) in [5, 5.41) is 12.6. The van der Waals surface area contributed by atoms with Crippen molar-refractivity contribution < 1.29 is 24.1 Å². The van der Waals surface area contributed by atoms with Gasteiger partial charge in [-0.1, -0.05) is 48.4 Å². The predicted molar refractivity (Wildman–Crippen MR) is 151 cm³/mol. The van der Waals surface area contributed by atoms with Crippen LogP contribution >= 0.6 is 0 Å². The lowest BCUT2D eigenvalue weighted by molar-refractivity contribution is -0.296. The lowest BCUT2D eigenvalue weighted by Crippen LogP contribution is -2.63. The number of aliphatic hydroxyl groups is 1. The SMILES string of the molecule is CC=C(C)c1ccc(C2CC3(C)C(CCC3(O)C3(C)OCCO3)C3CCC4CC5(CCC4=C23)OCCO5)cc1. The van der Waals surface area contributed by atoms with Crippen molar-refractivity contribution in [1.29, 1.82) is 0 Å². The Balaban J connectivity index is 1.33. The molecule has 5 fully saturated rings. The lowest BCUT2D eigenvalue weighted by Gasteiger charge is -2.58. The van der Waals surface area contributed by atoms with E-state index in [1.807, 2.05) is 6.92 Å². The van der Waals surface area contributed by atoms with Gasteiger partial charge in [0.1, 0.15) is 5.60 Å². The smallest absolute Gasteiger partial charge is 0.195 e. The monoisotopic (exact) mass is 534 g/mol. The summed E-state index contributed by atoms with van der Waals surface area (Å²) in [4.78, 5) is 0. The van der Waals surface area contributed by atoms with Gasteiger partial charge in [0.05, 0.1) is 26.4 Å². The fraction of sp³-hybridized carbons (Fsp3) is 0.706. The summed E-state index contributed by atoms with van der Waals surface area (Å²) >= 11 is 0. The van der Waals surface area contributed by atoms with Crippen LogP contribution in [0.5, 0.6) is 0 Å². The molecule has 0 amide bonds. The summed E-state index contributed by atoms with van der Waals surface area (Å²) in [6.45, 7) is 11.2. The maximum absolute atomic E-state index is 12.6. The Kier molecular flexibility index (Phi) is 6.27. The molecule has 5 heteroatoms. The van der Waals surface area contributed by atoms with Crippen molar-refractivity contribution >= 4 is 5.57 Å². The van der Waals surface area contributed by atoms with Crippen molar-refractivity contribution in [3.8, 4) is 0 Å². The number of rotatable bonds is 3. The molecule has 4 aliphatic carbocycles. The minimum absolute atomic E-state index is 0.288. The molecule has 5 nitrogen and oxygen atoms in total. The molecule has 6 aliphatic rings. The topological polar surface area (TPSA) is 57.2 Å². The molecule has 2 saturated heterocycles. The highest BCUT2D eigenvalue weighted by Gasteiger charge is 2.70. The Morgan fingerprint density at radius 2 is 1.59 bits per heavy atom. The summed E-state index contributed by atoms with van der Waals surface area (Å²) in [5.41, 5.74) is 6.06. The summed E-state index contributed by atoms with van der Waals surface area (Å²) < 4.78 is 24.8. The molecular weight excluding hydrogens is 488 g/mol. The average molecular weight is 535 g/mol. The largest absolute Gasteiger partial charge is 0.384 e. The van der Waals surface area contributed by atoms with Gasteiger partial charge in [-0.05, 0) is 93.7 Å². The lowest BCUT2D eigenvalue weighted by atomic mass is 9.49. The highest BCUT2D eigenvalue weighted by atomic mass is 16.8. The molecule has 6 atom stereocenters. The highest BCUT2D eigenvalue weighted by molar-refractivity contribution is 5.63. The molecule has 1 spiro atoms. The number of hydrogen-bond acceptors (Lipinski definition) is 5. The van der Waals surface area contributed by atoms with E-state index in [2.05, 4.69) is 51.1 Å². The fourth-order valence-electron chi connectivity index (χ4n) is 9.94. The molecule has 2 aliphatic heterocycles. The van der Waals surface area contributed by atoms with E-state index in [0.29, 0.717) is 36.9 Å². The zero-order chi connectivity index (χ0) is 27.0. The Hall–Kier alpha value is -1.50. The number of fused-ring (bicyclic) bond motifs is 4. The second-order valence-corrected chi connectivity index (χ2v) is 13.6. The van der Waals surface area contributed by atoms with Crippen LogP contribution in [0, 0.1) is 23.2 Å². The summed E-state index contributed by atoms with van der Waals surface area (Å²) in [5.74, 6) is 0.471. The highest BCUT2D eigenvalue weighted by Crippen LogP contribution is 2.69. The fourth-order valence-corrected chi connectivity index (χ4v) is 9.94. The molecule has 212 valence electrons. The van der Waals surface area contributed by atoms with Crippen LogP contribution in [0.25, 0.3) is 5.57 Å². The standard InChI is InChI=1S/C34H46O5/c1-5-22(2)23-6-8-24(9-7-23)28-21-31(3)29(13-15-34(31,35)32(4)36-16-17-37-32)27-11-10-25-20-33(38-18-19-39-33)14-12-26(25)30(27)28/h5-9,25,27-29,35H,10-21H2,1-4H3. The minimum Gasteiger partial charge on any atom is -0.384 e. The normalized spacial score (nSPS) is 41.0. The quantitative estimate of drug-likeness (QED) is 0.435. The third-order valence-electron chi connectivity index (χ3n) is 12.1. The summed E-state index contributed by atoms with van der Waals surface area (Å²) in [6.07, 6.45) is 10.3. The van der Waals surface area contributed by atoms with Gasteiger partial charge in [-0.15, -0.1) is 0 Å². The Bertz CT molecular complexity index is 1170. The molecule has 6 unspecified atom stereocenters. The maximum Gasteiger partial charge on any atom is 0.195 e. The number of ether oxygens (including phenoxy) is 4. The number of benzene rings is 1. The van der Waals surface area contributed by atoms with Crippen molar-refractivity contribution in [3.63, 3.8) is 0 Å². The van der Waals surface area contributed by atoms with E-state index in [0.717, 1.165) is 51.7 Å². The van der Waals surface area contributed by atoms with Crippen molar-refractivity contribution in [2.45, 2.75) is 102 Å². The molecule has 39 heavy (non-hydrogen) atoms. The van der Waals surface area contributed by atoms with Crippen LogP contribution in [0.1, 0.15) is 96.1 Å². The second-order valence-electron chi connectivity index (χ2n) is 13.6. The van der Waals surface area contributed by atoms with E-state index in [9.17, 15) is 5.11 Å². The third-order valence-corrected chi connectivity index (χ3v) is 12.1. The Labute approximate surface area is 233 Å². The van der Waals surface area contributed by atoms with Crippen molar-refractivity contribution in [3.05, 3.63) is 52.6 Å². The molecule has 7 rings (SSSR count). The number of allylic oxidation sites excluding steroid dienone is 4. The van der Waals surface area contributed by atoms with Crippen molar-refractivity contribution in [1.82, 2.24) is 0 Å². The first-order valence-corrected chi connectivity index (χ1v) is 15.5. The zero-order valence-corrected chi connectivity index (χ0v) is 24.3. The number of hydrogen-bond donors (Lipinski definition) is 1. The van der Waals surface area contributed by atoms with Crippen LogP contribution in [0.2, 0.25) is 0 Å². The van der Waals surface area contributed by atoms with E-state index < -0.39 is 11.4 Å². The molecule has 3 saturated carbocycles. The van der Waals surface area contributed by atoms with Gasteiger partial charge in [0.15, 0.2) is 11.6 Å². The molecule has 1 N–H and O–H groups in total. The maximum atomic E-state index is 12.6. The average Bonchev–Trinajstić information content (AvgIpc) is 3.67. The van der Waals surface area contributed by atoms with Crippen LogP contribution < -0.4 is 0 Å². The Morgan fingerprint density at radius 1 is 0.897 bits per heavy atom. The van der Waals surface area contributed by atoms with Gasteiger partial charge in [-0.3, -0.25) is 0 Å². The molecule has 0 radical (unpaired) electrons. The first kappa shape index (κ1) is 26.4. The van der Waals surface area contributed by atoms with E-state index in [-0.39, 0.29) is 11.2 Å². The van der Waals surface area contributed by atoms with Gasteiger partial charge >= 0.3 is 0 Å². The van der Waals surface area contributed by atoms with Crippen LogP contribution in [-0.2, 0) is 18.9 Å². The van der Waals surface area contributed by atoms with Gasteiger partial charge in [0.25, 0.3) is 0 Å². The molecular formula is C34H46O5. The molecule has 1 aromatic rings. The van der Waals surface area contributed by atoms with E-state index in [1.54, 1.807) is 11.1 Å². The van der Waals surface area contributed by atoms with Crippen LogP contribution in [-0.4, -0.2) is 48.7 Å². The minimum atomic E-state index is -1.00. The van der Waals surface area contributed by atoms with Gasteiger partial charge in [0, 0.05) is 24.2 Å². The molecule has 1 aromatic carbocycles. The zero-order valence-electron chi connectivity index (χ0n) is 24.3. The van der Waals surface area contributed by atoms with Crippen LogP contribution in [0.3, 0.4) is 0 Å². The van der Waals surface area contributed by atoms with Crippen molar-refractivity contribution in [2.24, 2.45) is 23.2 Å². The van der Waals surface area contributed by atoms with Crippen molar-refractivity contribution in [2.75, 3.05) is 26.4 Å². The van der Waals surface area contributed by atoms with E-state index >= 15 is 0 Å². The van der Waals surface area contributed by atoms with Gasteiger partial charge in [-0.2, -0.15) is 0 Å². The first-order chi connectivity index (χ1) is 18.7. The molecule has 0 aromatic heterocycles. The Morgan fingerprint density at radius 3 is 2.28 bits per heavy atom. The van der Waals surface area contributed by atoms with Gasteiger partial charge in [0.2, 0.25) is 0 Å². The van der Waals surface area contributed by atoms with Gasteiger partial charge in [-0.25, -0.2) is 0 Å². The molecule has 2 heterocycles. The van der Waals surface area contributed by atoms with E-state index in [4.69, 9.17) is 18.9 Å². The molecule has 0 bridgehead atoms. The second kappa shape index (κ2) is 9.25. The third kappa shape index (κ3) is 3.76. The van der Waals surface area contributed by atoms with E-state index in [1.165, 1.54) is 29.5 Å².